The molecule has 1 aliphatic rings. The van der Waals surface area contributed by atoms with Crippen molar-refractivity contribution in [3.8, 4) is 0 Å². The summed E-state index contributed by atoms with van der Waals surface area (Å²) < 4.78 is 0. The van der Waals surface area contributed by atoms with E-state index in [0.717, 1.165) is 50.8 Å². The van der Waals surface area contributed by atoms with Gasteiger partial charge in [0, 0.05) is 22.8 Å². The maximum atomic E-state index is 7.05. The van der Waals surface area contributed by atoms with E-state index < -0.39 is 0 Å². The molecule has 0 saturated heterocycles. The Morgan fingerprint density at radius 3 is 1.58 bits per heavy atom. The van der Waals surface area contributed by atoms with Crippen LogP contribution < -0.4 is 9.80 Å². The topological polar surface area (TPSA) is 6.48 Å². The van der Waals surface area contributed by atoms with Crippen molar-refractivity contribution in [2.75, 3.05) is 9.80 Å². The molecule has 0 aromatic heterocycles. The number of hydrogen-bond donors (Lipinski definition) is 0. The van der Waals surface area contributed by atoms with Crippen LogP contribution >= 0.6 is 23.2 Å². The van der Waals surface area contributed by atoms with E-state index >= 15 is 0 Å². The van der Waals surface area contributed by atoms with E-state index in [1.54, 1.807) is 0 Å². The van der Waals surface area contributed by atoms with Crippen LogP contribution in [0.5, 0.6) is 0 Å². The van der Waals surface area contributed by atoms with E-state index in [0.29, 0.717) is 10.0 Å². The molecule has 0 aliphatic heterocycles. The molecule has 0 saturated carbocycles. The first kappa shape index (κ1) is 35.9. The smallest absolute Gasteiger partial charge is 0.0647 e. The summed E-state index contributed by atoms with van der Waals surface area (Å²) in [6, 6.07) is 63.3. The van der Waals surface area contributed by atoms with Gasteiger partial charge in [0.25, 0.3) is 0 Å². The molecule has 1 aliphatic carbocycles. The van der Waals surface area contributed by atoms with E-state index in [-0.39, 0.29) is 5.92 Å². The molecule has 7 aromatic rings. The Balaban J connectivity index is 1.34. The molecule has 8 rings (SSSR count). The molecule has 0 amide bonds. The largest absolute Gasteiger partial charge is 0.312 e. The zero-order valence-corrected chi connectivity index (χ0v) is 32.3. The van der Waals surface area contributed by atoms with E-state index in [1.165, 1.54) is 22.3 Å². The fourth-order valence-electron chi connectivity index (χ4n) is 7.57. The molecule has 0 heterocycles. The first-order chi connectivity index (χ1) is 27.0. The van der Waals surface area contributed by atoms with E-state index in [9.17, 15) is 0 Å². The van der Waals surface area contributed by atoms with Crippen LogP contribution in [-0.2, 0) is 0 Å². The molecule has 1 unspecified atom stereocenters. The zero-order valence-electron chi connectivity index (χ0n) is 30.8. The average molecular weight is 752 g/mol. The van der Waals surface area contributed by atoms with Crippen LogP contribution in [0.2, 0.25) is 10.0 Å². The maximum absolute atomic E-state index is 7.05. The fourth-order valence-corrected chi connectivity index (χ4v) is 8.01. The van der Waals surface area contributed by atoms with Crippen molar-refractivity contribution in [2.45, 2.75) is 19.8 Å². The Hall–Kier alpha value is -6.06. The van der Waals surface area contributed by atoms with Crippen LogP contribution in [0.1, 0.15) is 33.7 Å². The average Bonchev–Trinajstić information content (AvgIpc) is 3.22. The molecule has 0 N–H and O–H groups in total. The SMILES string of the molecule is Cc1ccc(C2C(=Cc3ccccc3)C(c3ccc(N(c4ccccc4)c4ccccc4Cl)cc3)=CC=C2N(c2ccccc2)c2ccccc2Cl)c(C)c1. The van der Waals surface area contributed by atoms with Gasteiger partial charge in [-0.2, -0.15) is 0 Å². The molecule has 0 fully saturated rings. The number of halogens is 2. The number of anilines is 5. The molecule has 2 nitrogen and oxygen atoms in total. The number of allylic oxidation sites excluding steroid dienone is 4. The van der Waals surface area contributed by atoms with Crippen LogP contribution in [0.3, 0.4) is 0 Å². The molecule has 4 heteroatoms. The number of hydrogen-bond acceptors (Lipinski definition) is 2. The highest BCUT2D eigenvalue weighted by atomic mass is 35.5. The van der Waals surface area contributed by atoms with Gasteiger partial charge in [0.2, 0.25) is 0 Å². The van der Waals surface area contributed by atoms with Crippen LogP contribution in [-0.4, -0.2) is 0 Å². The summed E-state index contributed by atoms with van der Waals surface area (Å²) in [6.07, 6.45) is 6.91. The molecule has 268 valence electrons. The van der Waals surface area contributed by atoms with Gasteiger partial charge in [0.15, 0.2) is 0 Å². The van der Waals surface area contributed by atoms with Gasteiger partial charge in [-0.3, -0.25) is 0 Å². The van der Waals surface area contributed by atoms with E-state index in [4.69, 9.17) is 23.2 Å². The predicted molar refractivity (Wildman–Crippen MR) is 235 cm³/mol. The van der Waals surface area contributed by atoms with E-state index in [2.05, 4.69) is 187 Å². The normalized spacial score (nSPS) is 14.6. The third-order valence-corrected chi connectivity index (χ3v) is 10.7. The van der Waals surface area contributed by atoms with Gasteiger partial charge in [-0.1, -0.05) is 162 Å². The third kappa shape index (κ3) is 7.53. The summed E-state index contributed by atoms with van der Waals surface area (Å²) >= 11 is 13.9. The summed E-state index contributed by atoms with van der Waals surface area (Å²) in [5.41, 5.74) is 14.4. The van der Waals surface area contributed by atoms with Gasteiger partial charge < -0.3 is 9.80 Å². The summed E-state index contributed by atoms with van der Waals surface area (Å²) in [7, 11) is 0. The predicted octanol–water partition coefficient (Wildman–Crippen LogP) is 15.1. The molecule has 0 spiro atoms. The molecule has 1 atom stereocenters. The lowest BCUT2D eigenvalue weighted by atomic mass is 9.75. The summed E-state index contributed by atoms with van der Waals surface area (Å²) in [5.74, 6) is -0.138. The van der Waals surface area contributed by atoms with Crippen molar-refractivity contribution in [3.05, 3.63) is 243 Å². The first-order valence-electron chi connectivity index (χ1n) is 18.5. The van der Waals surface area contributed by atoms with Crippen molar-refractivity contribution in [1.82, 2.24) is 0 Å². The Morgan fingerprint density at radius 1 is 0.491 bits per heavy atom. The van der Waals surface area contributed by atoms with Gasteiger partial charge in [0.05, 0.1) is 27.3 Å². The molecular formula is C51H40Cl2N2. The van der Waals surface area contributed by atoms with Gasteiger partial charge >= 0.3 is 0 Å². The minimum absolute atomic E-state index is 0.138. The molecule has 0 radical (unpaired) electrons. The van der Waals surface area contributed by atoms with Gasteiger partial charge in [0.1, 0.15) is 0 Å². The van der Waals surface area contributed by atoms with Crippen LogP contribution in [0.15, 0.2) is 205 Å². The summed E-state index contributed by atoms with van der Waals surface area (Å²) in [5, 5.41) is 1.38. The standard InChI is InChI=1S/C51H40Cl2N2/c1-36-26-31-43(37(2)34-36)51-45(35-38-16-6-3-7-17-38)44(32-33-50(51)55(41-20-10-5-11-21-41)49-25-15-13-23-47(49)53)39-27-29-42(30-28-39)54(40-18-8-4-9-19-40)48-24-14-12-22-46(48)52/h3-35,51H,1-2H3. The second kappa shape index (κ2) is 16.1. The van der Waals surface area contributed by atoms with Crippen molar-refractivity contribution < 1.29 is 0 Å². The highest BCUT2D eigenvalue weighted by Gasteiger charge is 2.33. The Morgan fingerprint density at radius 2 is 1.00 bits per heavy atom. The number of aryl methyl sites for hydroxylation is 2. The lowest BCUT2D eigenvalue weighted by Crippen LogP contribution is -2.26. The highest BCUT2D eigenvalue weighted by molar-refractivity contribution is 6.34. The first-order valence-corrected chi connectivity index (χ1v) is 19.3. The quantitative estimate of drug-likeness (QED) is 0.145. The van der Waals surface area contributed by atoms with Crippen LogP contribution in [0.25, 0.3) is 11.6 Å². The third-order valence-electron chi connectivity index (χ3n) is 10.1. The summed E-state index contributed by atoms with van der Waals surface area (Å²) in [4.78, 5) is 4.53. The van der Waals surface area contributed by atoms with Gasteiger partial charge in [-0.05, 0) is 114 Å². The maximum Gasteiger partial charge on any atom is 0.0647 e. The van der Waals surface area contributed by atoms with Crippen LogP contribution in [0, 0.1) is 13.8 Å². The lowest BCUT2D eigenvalue weighted by Gasteiger charge is -2.38. The number of para-hydroxylation sites is 4. The second-order valence-corrected chi connectivity index (χ2v) is 14.6. The molecular weight excluding hydrogens is 711 g/mol. The Bertz CT molecular complexity index is 2520. The fraction of sp³-hybridized carbons (Fsp3) is 0.0588. The van der Waals surface area contributed by atoms with Gasteiger partial charge in [-0.15, -0.1) is 0 Å². The van der Waals surface area contributed by atoms with Crippen molar-refractivity contribution in [2.24, 2.45) is 0 Å². The second-order valence-electron chi connectivity index (χ2n) is 13.8. The number of rotatable bonds is 9. The monoisotopic (exact) mass is 750 g/mol. The van der Waals surface area contributed by atoms with Crippen molar-refractivity contribution in [3.63, 3.8) is 0 Å². The van der Waals surface area contributed by atoms with Crippen LogP contribution in [0.4, 0.5) is 28.4 Å². The number of benzene rings is 7. The lowest BCUT2D eigenvalue weighted by molar-refractivity contribution is 0.893. The van der Waals surface area contributed by atoms with Crippen molar-refractivity contribution in [1.29, 1.82) is 0 Å². The van der Waals surface area contributed by atoms with E-state index in [1.807, 2.05) is 36.4 Å². The molecule has 55 heavy (non-hydrogen) atoms. The highest BCUT2D eigenvalue weighted by Crippen LogP contribution is 2.50. The van der Waals surface area contributed by atoms with Gasteiger partial charge in [-0.25, -0.2) is 0 Å². The zero-order chi connectivity index (χ0) is 37.7. The van der Waals surface area contributed by atoms with Crippen molar-refractivity contribution >= 4 is 63.3 Å². The summed E-state index contributed by atoms with van der Waals surface area (Å²) in [6.45, 7) is 4.38. The molecule has 0 bridgehead atoms. The minimum atomic E-state index is -0.138. The number of nitrogens with zero attached hydrogens (tertiary/aromatic N) is 2. The Kier molecular flexibility index (Phi) is 10.5. The Labute approximate surface area is 334 Å². The molecule has 7 aromatic carbocycles. The minimum Gasteiger partial charge on any atom is -0.312 e.